The van der Waals surface area contributed by atoms with E-state index < -0.39 is 0 Å². The summed E-state index contributed by atoms with van der Waals surface area (Å²) in [5, 5.41) is 3.62. The Balaban J connectivity index is 1.62. The number of rotatable bonds is 9. The Labute approximate surface area is 154 Å². The zero-order valence-corrected chi connectivity index (χ0v) is 15.6. The van der Waals surface area contributed by atoms with Crippen LogP contribution in [-0.4, -0.2) is 44.1 Å². The molecule has 5 heteroatoms. The topological polar surface area (TPSA) is 41.6 Å². The van der Waals surface area contributed by atoms with E-state index in [4.69, 9.17) is 16.3 Å². The van der Waals surface area contributed by atoms with Crippen molar-refractivity contribution in [1.82, 2.24) is 10.2 Å². The normalized spacial score (nSPS) is 10.7. The number of halogens is 1. The molecule has 0 heterocycles. The number of aryl methyl sites for hydroxylation is 1. The van der Waals surface area contributed by atoms with Crippen molar-refractivity contribution in [3.63, 3.8) is 0 Å². The number of ether oxygens (including phenoxy) is 1. The largest absolute Gasteiger partial charge is 0.492 e. The first-order chi connectivity index (χ1) is 12.0. The van der Waals surface area contributed by atoms with Gasteiger partial charge < -0.3 is 10.1 Å². The lowest BCUT2D eigenvalue weighted by Crippen LogP contribution is -2.37. The zero-order chi connectivity index (χ0) is 18.1. The fourth-order valence-corrected chi connectivity index (χ4v) is 2.66. The first-order valence-electron chi connectivity index (χ1n) is 8.42. The van der Waals surface area contributed by atoms with Gasteiger partial charge in [0.15, 0.2) is 0 Å². The highest BCUT2D eigenvalue weighted by atomic mass is 35.5. The van der Waals surface area contributed by atoms with E-state index in [1.165, 1.54) is 11.1 Å². The van der Waals surface area contributed by atoms with E-state index in [1.807, 2.05) is 42.3 Å². The van der Waals surface area contributed by atoms with Crippen molar-refractivity contribution >= 4 is 17.5 Å². The average molecular weight is 361 g/mol. The predicted octanol–water partition coefficient (Wildman–Crippen LogP) is 3.32. The van der Waals surface area contributed by atoms with Crippen molar-refractivity contribution in [2.75, 3.05) is 33.3 Å². The third-order valence-corrected chi connectivity index (χ3v) is 4.16. The molecule has 0 radical (unpaired) electrons. The van der Waals surface area contributed by atoms with Gasteiger partial charge in [0.2, 0.25) is 5.91 Å². The Morgan fingerprint density at radius 3 is 2.76 bits per heavy atom. The highest BCUT2D eigenvalue weighted by Gasteiger charge is 2.07. The van der Waals surface area contributed by atoms with Crippen LogP contribution in [0.15, 0.2) is 48.5 Å². The van der Waals surface area contributed by atoms with Crippen molar-refractivity contribution in [1.29, 1.82) is 0 Å². The van der Waals surface area contributed by atoms with Crippen LogP contribution in [0.2, 0.25) is 5.02 Å². The Morgan fingerprint density at radius 1 is 1.20 bits per heavy atom. The molecule has 2 aromatic rings. The van der Waals surface area contributed by atoms with E-state index >= 15 is 0 Å². The van der Waals surface area contributed by atoms with Gasteiger partial charge in [-0.25, -0.2) is 0 Å². The van der Waals surface area contributed by atoms with Crippen LogP contribution < -0.4 is 10.1 Å². The van der Waals surface area contributed by atoms with Gasteiger partial charge in [0.05, 0.1) is 6.54 Å². The zero-order valence-electron chi connectivity index (χ0n) is 14.8. The van der Waals surface area contributed by atoms with Crippen LogP contribution in [0.5, 0.6) is 5.75 Å². The van der Waals surface area contributed by atoms with Gasteiger partial charge in [-0.3, -0.25) is 9.69 Å². The minimum absolute atomic E-state index is 0.0267. The first-order valence-corrected chi connectivity index (χ1v) is 8.80. The molecule has 0 aliphatic carbocycles. The predicted molar refractivity (Wildman–Crippen MR) is 102 cm³/mol. The third kappa shape index (κ3) is 7.16. The quantitative estimate of drug-likeness (QED) is 0.745. The molecule has 0 aliphatic rings. The molecule has 0 unspecified atom stereocenters. The van der Waals surface area contributed by atoms with E-state index in [1.54, 1.807) is 6.07 Å². The standard InChI is InChI=1S/C20H25ClN2O2/c1-16-6-3-4-7-17(16)10-11-22-20(24)15-23(2)12-13-25-19-9-5-8-18(21)14-19/h3-9,14H,10-13,15H2,1-2H3,(H,22,24). The Hall–Kier alpha value is -2.04. The summed E-state index contributed by atoms with van der Waals surface area (Å²) in [6.07, 6.45) is 0.847. The minimum atomic E-state index is 0.0267. The summed E-state index contributed by atoms with van der Waals surface area (Å²) in [6.45, 7) is 4.26. The molecule has 0 aromatic heterocycles. The van der Waals surface area contributed by atoms with Gasteiger partial charge in [0.1, 0.15) is 12.4 Å². The van der Waals surface area contributed by atoms with Crippen LogP contribution in [0.4, 0.5) is 0 Å². The molecule has 0 spiro atoms. The van der Waals surface area contributed by atoms with Gasteiger partial charge in [-0.2, -0.15) is 0 Å². The number of hydrogen-bond acceptors (Lipinski definition) is 3. The second kappa shape index (κ2) is 10.1. The van der Waals surface area contributed by atoms with Gasteiger partial charge in [0, 0.05) is 18.1 Å². The fraction of sp³-hybridized carbons (Fsp3) is 0.350. The summed E-state index contributed by atoms with van der Waals surface area (Å²) in [5.74, 6) is 0.766. The number of carbonyl (C=O) groups excluding carboxylic acids is 1. The molecule has 0 bridgehead atoms. The van der Waals surface area contributed by atoms with Crippen LogP contribution in [0, 0.1) is 6.92 Å². The van der Waals surface area contributed by atoms with Crippen molar-refractivity contribution in [3.05, 3.63) is 64.7 Å². The Bertz CT molecular complexity index is 691. The summed E-state index contributed by atoms with van der Waals surface area (Å²) in [5.41, 5.74) is 2.53. The maximum absolute atomic E-state index is 12.0. The van der Waals surface area contributed by atoms with E-state index in [9.17, 15) is 4.79 Å². The minimum Gasteiger partial charge on any atom is -0.492 e. The molecule has 0 aliphatic heterocycles. The van der Waals surface area contributed by atoms with Gasteiger partial charge >= 0.3 is 0 Å². The van der Waals surface area contributed by atoms with Crippen molar-refractivity contribution in [3.8, 4) is 5.75 Å². The maximum Gasteiger partial charge on any atom is 0.234 e. The molecular formula is C20H25ClN2O2. The lowest BCUT2D eigenvalue weighted by atomic mass is 10.1. The summed E-state index contributed by atoms with van der Waals surface area (Å²) in [6, 6.07) is 15.5. The highest BCUT2D eigenvalue weighted by molar-refractivity contribution is 6.30. The van der Waals surface area contributed by atoms with Crippen LogP contribution in [0.1, 0.15) is 11.1 Å². The lowest BCUT2D eigenvalue weighted by Gasteiger charge is -2.17. The Morgan fingerprint density at radius 2 is 2.00 bits per heavy atom. The van der Waals surface area contributed by atoms with Crippen molar-refractivity contribution in [2.24, 2.45) is 0 Å². The molecule has 4 nitrogen and oxygen atoms in total. The smallest absolute Gasteiger partial charge is 0.234 e. The number of nitrogens with one attached hydrogen (secondary N) is 1. The summed E-state index contributed by atoms with van der Waals surface area (Å²) in [7, 11) is 1.91. The van der Waals surface area contributed by atoms with E-state index in [-0.39, 0.29) is 5.91 Å². The van der Waals surface area contributed by atoms with E-state index in [0.29, 0.717) is 31.3 Å². The van der Waals surface area contributed by atoms with Crippen molar-refractivity contribution in [2.45, 2.75) is 13.3 Å². The third-order valence-electron chi connectivity index (χ3n) is 3.93. The number of nitrogens with zero attached hydrogens (tertiary/aromatic N) is 1. The summed E-state index contributed by atoms with van der Waals surface area (Å²) in [4.78, 5) is 13.9. The fourth-order valence-electron chi connectivity index (χ4n) is 2.48. The van der Waals surface area contributed by atoms with Gasteiger partial charge in [-0.05, 0) is 49.7 Å². The van der Waals surface area contributed by atoms with Crippen molar-refractivity contribution < 1.29 is 9.53 Å². The molecule has 1 N–H and O–H groups in total. The number of hydrogen-bond donors (Lipinski definition) is 1. The molecular weight excluding hydrogens is 336 g/mol. The number of carbonyl (C=O) groups is 1. The highest BCUT2D eigenvalue weighted by Crippen LogP contribution is 2.16. The van der Waals surface area contributed by atoms with Gasteiger partial charge in [0.25, 0.3) is 0 Å². The molecule has 0 atom stereocenters. The molecule has 2 rings (SSSR count). The Kier molecular flexibility index (Phi) is 7.76. The lowest BCUT2D eigenvalue weighted by molar-refractivity contribution is -0.121. The molecule has 134 valence electrons. The van der Waals surface area contributed by atoms with Crippen LogP contribution >= 0.6 is 11.6 Å². The number of benzene rings is 2. The summed E-state index contributed by atoms with van der Waals surface area (Å²) >= 11 is 5.91. The monoisotopic (exact) mass is 360 g/mol. The van der Waals surface area contributed by atoms with Crippen LogP contribution in [0.3, 0.4) is 0 Å². The molecule has 0 fully saturated rings. The van der Waals surface area contributed by atoms with Crippen LogP contribution in [0.25, 0.3) is 0 Å². The molecule has 0 saturated heterocycles. The second-order valence-corrected chi connectivity index (χ2v) is 6.51. The van der Waals surface area contributed by atoms with Gasteiger partial charge in [-0.15, -0.1) is 0 Å². The number of likely N-dealkylation sites (N-methyl/N-ethyl adjacent to an activating group) is 1. The average Bonchev–Trinajstić information content (AvgIpc) is 2.56. The second-order valence-electron chi connectivity index (χ2n) is 6.07. The van der Waals surface area contributed by atoms with E-state index in [2.05, 4.69) is 24.4 Å². The SMILES string of the molecule is Cc1ccccc1CCNC(=O)CN(C)CCOc1cccc(Cl)c1. The molecule has 2 aromatic carbocycles. The van der Waals surface area contributed by atoms with Gasteiger partial charge in [-0.1, -0.05) is 41.9 Å². The van der Waals surface area contributed by atoms with Crippen LogP contribution in [-0.2, 0) is 11.2 Å². The maximum atomic E-state index is 12.0. The molecule has 25 heavy (non-hydrogen) atoms. The number of amides is 1. The molecule has 1 amide bonds. The first kappa shape index (κ1) is 19.3. The van der Waals surface area contributed by atoms with E-state index in [0.717, 1.165) is 12.2 Å². The summed E-state index contributed by atoms with van der Waals surface area (Å²) < 4.78 is 5.63. The molecule has 0 saturated carbocycles.